The molecule has 8 heteroatoms. The Hall–Kier alpha value is -3.29. The summed E-state index contributed by atoms with van der Waals surface area (Å²) < 4.78 is 14.0. The molecule has 1 aromatic carbocycles. The van der Waals surface area contributed by atoms with Crippen LogP contribution in [-0.4, -0.2) is 43.8 Å². The highest BCUT2D eigenvalue weighted by Crippen LogP contribution is 2.21. The molecule has 8 nitrogen and oxygen atoms in total. The first-order valence-electron chi connectivity index (χ1n) is 6.34. The number of ether oxygens (including phenoxy) is 3. The van der Waals surface area contributed by atoms with Crippen LogP contribution in [0.5, 0.6) is 0 Å². The van der Waals surface area contributed by atoms with Gasteiger partial charge in [-0.05, 0) is 24.9 Å². The Bertz CT molecular complexity index is 735. The third kappa shape index (κ3) is 3.49. The average molecular weight is 317 g/mol. The topological polar surface area (TPSA) is 108 Å². The van der Waals surface area contributed by atoms with E-state index in [9.17, 15) is 19.2 Å². The van der Waals surface area contributed by atoms with Crippen LogP contribution in [0.2, 0.25) is 0 Å². The zero-order chi connectivity index (χ0) is 17.0. The summed E-state index contributed by atoms with van der Waals surface area (Å²) in [5, 5.41) is 0. The monoisotopic (exact) mass is 317 g/mol. The van der Waals surface area contributed by atoms with Crippen molar-refractivity contribution in [2.24, 2.45) is 4.99 Å². The molecule has 0 saturated carbocycles. The van der Waals surface area contributed by atoms with Gasteiger partial charge in [-0.15, -0.1) is 0 Å². The Kier molecular flexibility index (Phi) is 4.65. The minimum Gasteiger partial charge on any atom is -0.458 e. The van der Waals surface area contributed by atoms with Crippen LogP contribution in [0.1, 0.15) is 31.1 Å². The van der Waals surface area contributed by atoms with Crippen molar-refractivity contribution < 1.29 is 33.4 Å². The molecule has 0 N–H and O–H groups in total. The predicted octanol–water partition coefficient (Wildman–Crippen LogP) is 0.911. The Balaban J connectivity index is 1.90. The van der Waals surface area contributed by atoms with E-state index in [1.54, 1.807) is 0 Å². The summed E-state index contributed by atoms with van der Waals surface area (Å²) in [6.07, 6.45) is 0. The molecule has 0 aliphatic carbocycles. The lowest BCUT2D eigenvalue weighted by Crippen LogP contribution is -2.14. The van der Waals surface area contributed by atoms with Crippen molar-refractivity contribution >= 4 is 30.6 Å². The molecule has 1 heterocycles. The molecular weight excluding hydrogens is 306 g/mol. The minimum atomic E-state index is -0.816. The summed E-state index contributed by atoms with van der Waals surface area (Å²) in [6.45, 7) is 6.03. The van der Waals surface area contributed by atoms with Gasteiger partial charge in [0.2, 0.25) is 0 Å². The van der Waals surface area contributed by atoms with Gasteiger partial charge in [0.25, 0.3) is 0 Å². The molecule has 0 spiro atoms. The molecule has 118 valence electrons. The molecule has 0 bridgehead atoms. The average Bonchev–Trinajstić information content (AvgIpc) is 2.84. The van der Waals surface area contributed by atoms with E-state index in [-0.39, 0.29) is 35.6 Å². The largest absolute Gasteiger partial charge is 0.458 e. The highest BCUT2D eigenvalue weighted by atomic mass is 16.6. The van der Waals surface area contributed by atoms with Crippen molar-refractivity contribution in [3.05, 3.63) is 47.2 Å². The van der Waals surface area contributed by atoms with Crippen molar-refractivity contribution in [1.29, 1.82) is 0 Å². The summed E-state index contributed by atoms with van der Waals surface area (Å²) in [6, 6.07) is 3.84. The Morgan fingerprint density at radius 3 is 2.43 bits per heavy atom. The third-order valence-electron chi connectivity index (χ3n) is 2.86. The first-order valence-corrected chi connectivity index (χ1v) is 6.34. The van der Waals surface area contributed by atoms with E-state index in [0.717, 1.165) is 0 Å². The van der Waals surface area contributed by atoms with Gasteiger partial charge in [0.05, 0.1) is 16.7 Å². The van der Waals surface area contributed by atoms with Crippen LogP contribution in [0, 0.1) is 0 Å². The molecule has 23 heavy (non-hydrogen) atoms. The SMILES string of the molecule is C=NC(=C)C(=O)OCCOC(=O)c1ccc2c(c1)C(=O)OC2=O. The van der Waals surface area contributed by atoms with Crippen molar-refractivity contribution in [2.45, 2.75) is 0 Å². The van der Waals surface area contributed by atoms with Crippen LogP contribution in [0.15, 0.2) is 35.5 Å². The fourth-order valence-corrected chi connectivity index (χ4v) is 1.71. The summed E-state index contributed by atoms with van der Waals surface area (Å²) >= 11 is 0. The number of esters is 4. The number of fused-ring (bicyclic) bond motifs is 1. The lowest BCUT2D eigenvalue weighted by atomic mass is 10.1. The number of aliphatic imine (C=N–C) groups is 1. The predicted molar refractivity (Wildman–Crippen MR) is 76.1 cm³/mol. The highest BCUT2D eigenvalue weighted by Gasteiger charge is 2.30. The van der Waals surface area contributed by atoms with Crippen LogP contribution >= 0.6 is 0 Å². The second kappa shape index (κ2) is 6.65. The van der Waals surface area contributed by atoms with Crippen LogP contribution in [0.4, 0.5) is 0 Å². The van der Waals surface area contributed by atoms with Gasteiger partial charge >= 0.3 is 23.9 Å². The first-order chi connectivity index (χ1) is 10.9. The molecule has 1 aromatic rings. The van der Waals surface area contributed by atoms with Gasteiger partial charge in [0, 0.05) is 0 Å². The van der Waals surface area contributed by atoms with Crippen LogP contribution in [0.25, 0.3) is 0 Å². The molecule has 0 unspecified atom stereocenters. The van der Waals surface area contributed by atoms with Gasteiger partial charge < -0.3 is 14.2 Å². The zero-order valence-corrected chi connectivity index (χ0v) is 11.9. The van der Waals surface area contributed by atoms with Crippen molar-refractivity contribution in [3.8, 4) is 0 Å². The molecule has 0 saturated heterocycles. The van der Waals surface area contributed by atoms with Crippen molar-refractivity contribution in [2.75, 3.05) is 13.2 Å². The number of rotatable bonds is 6. The number of nitrogens with zero attached hydrogens (tertiary/aromatic N) is 1. The first kappa shape index (κ1) is 16.1. The van der Waals surface area contributed by atoms with Gasteiger partial charge in [-0.3, -0.25) is 4.99 Å². The molecule has 0 aromatic heterocycles. The molecule has 2 rings (SSSR count). The van der Waals surface area contributed by atoms with E-state index in [2.05, 4.69) is 23.0 Å². The van der Waals surface area contributed by atoms with E-state index in [1.807, 2.05) is 0 Å². The lowest BCUT2D eigenvalue weighted by molar-refractivity contribution is -0.140. The van der Waals surface area contributed by atoms with E-state index in [4.69, 9.17) is 9.47 Å². The van der Waals surface area contributed by atoms with E-state index in [0.29, 0.717) is 0 Å². The van der Waals surface area contributed by atoms with E-state index < -0.39 is 23.9 Å². The van der Waals surface area contributed by atoms with E-state index >= 15 is 0 Å². The number of carbonyl (C=O) groups is 4. The zero-order valence-electron chi connectivity index (χ0n) is 11.9. The Morgan fingerprint density at radius 2 is 1.74 bits per heavy atom. The highest BCUT2D eigenvalue weighted by molar-refractivity contribution is 6.15. The van der Waals surface area contributed by atoms with Crippen molar-refractivity contribution in [1.82, 2.24) is 0 Å². The second-order valence-corrected chi connectivity index (χ2v) is 4.31. The number of benzene rings is 1. The van der Waals surface area contributed by atoms with Crippen molar-refractivity contribution in [3.63, 3.8) is 0 Å². The Morgan fingerprint density at radius 1 is 1.09 bits per heavy atom. The normalized spacial score (nSPS) is 12.2. The van der Waals surface area contributed by atoms with Gasteiger partial charge in [-0.25, -0.2) is 19.2 Å². The van der Waals surface area contributed by atoms with Gasteiger partial charge in [-0.2, -0.15) is 0 Å². The molecule has 0 radical (unpaired) electrons. The summed E-state index contributed by atoms with van der Waals surface area (Å²) in [5.41, 5.74) is 0.0113. The quantitative estimate of drug-likeness (QED) is 0.192. The van der Waals surface area contributed by atoms with Gasteiger partial charge in [0.1, 0.15) is 18.9 Å². The Labute approximate surface area is 130 Å². The molecule has 0 fully saturated rings. The van der Waals surface area contributed by atoms with Crippen LogP contribution in [0.3, 0.4) is 0 Å². The number of cyclic esters (lactones) is 2. The standard InChI is InChI=1S/C15H11NO7/c1-8(16-2)12(17)21-5-6-22-13(18)9-3-4-10-11(7-9)15(20)23-14(10)19/h3-4,7H,1-2,5-6H2. The molecule has 0 amide bonds. The van der Waals surface area contributed by atoms with Gasteiger partial charge in [0.15, 0.2) is 0 Å². The van der Waals surface area contributed by atoms with Crippen LogP contribution in [-0.2, 0) is 19.0 Å². The number of carbonyl (C=O) groups excluding carboxylic acids is 4. The molecule has 1 aliphatic heterocycles. The summed E-state index contributed by atoms with van der Waals surface area (Å²) in [4.78, 5) is 49.0. The molecular formula is C15H11NO7. The van der Waals surface area contributed by atoms with E-state index in [1.165, 1.54) is 18.2 Å². The summed E-state index contributed by atoms with van der Waals surface area (Å²) in [7, 11) is 0. The fraction of sp³-hybridized carbons (Fsp3) is 0.133. The number of hydrogen-bond donors (Lipinski definition) is 0. The third-order valence-corrected chi connectivity index (χ3v) is 2.86. The van der Waals surface area contributed by atoms with Crippen LogP contribution < -0.4 is 0 Å². The number of hydrogen-bond acceptors (Lipinski definition) is 8. The maximum absolute atomic E-state index is 11.8. The second-order valence-electron chi connectivity index (χ2n) is 4.31. The van der Waals surface area contributed by atoms with Gasteiger partial charge in [-0.1, -0.05) is 6.58 Å². The summed E-state index contributed by atoms with van der Waals surface area (Å²) in [5.74, 6) is -3.08. The maximum Gasteiger partial charge on any atom is 0.356 e. The molecule has 1 aliphatic rings. The smallest absolute Gasteiger partial charge is 0.356 e. The minimum absolute atomic E-state index is 0.00392. The fourth-order valence-electron chi connectivity index (χ4n) is 1.71. The lowest BCUT2D eigenvalue weighted by Gasteiger charge is -2.06. The maximum atomic E-state index is 11.8. The molecule has 0 atom stereocenters.